The zero-order valence-corrected chi connectivity index (χ0v) is 4.57. The van der Waals surface area contributed by atoms with E-state index in [1.165, 1.54) is 0 Å². The van der Waals surface area contributed by atoms with Crippen LogP contribution in [0.15, 0.2) is 0 Å². The molecule has 0 spiro atoms. The predicted molar refractivity (Wildman–Crippen MR) is 23.3 cm³/mol. The van der Waals surface area contributed by atoms with Crippen LogP contribution in [0.25, 0.3) is 0 Å². The van der Waals surface area contributed by atoms with Gasteiger partial charge >= 0.3 is 12.1 Å². The van der Waals surface area contributed by atoms with Crippen LogP contribution < -0.4 is 0 Å². The Labute approximate surface area is 53.7 Å². The van der Waals surface area contributed by atoms with Crippen molar-refractivity contribution >= 4 is 6.16 Å². The quantitative estimate of drug-likeness (QED) is 0.229. The largest absolute Gasteiger partial charge is 0.558 e. The Morgan fingerprint density at radius 1 is 1.80 bits per heavy atom. The van der Waals surface area contributed by atoms with E-state index in [9.17, 15) is 19.3 Å². The summed E-state index contributed by atoms with van der Waals surface area (Å²) in [6, 6.07) is 0. The average molecular weight is 151 g/mol. The van der Waals surface area contributed by atoms with Crippen molar-refractivity contribution in [3.8, 4) is 0 Å². The van der Waals surface area contributed by atoms with Gasteiger partial charge in [0.15, 0.2) is 0 Å². The Morgan fingerprint density at radius 2 is 2.40 bits per heavy atom. The lowest BCUT2D eigenvalue weighted by molar-refractivity contribution is -0.652. The van der Waals surface area contributed by atoms with Crippen LogP contribution >= 0.6 is 0 Å². The molecular formula is C3H2FNO5. The van der Waals surface area contributed by atoms with E-state index in [4.69, 9.17) is 0 Å². The van der Waals surface area contributed by atoms with Gasteiger partial charge in [-0.05, 0) is 0 Å². The zero-order chi connectivity index (χ0) is 7.78. The Morgan fingerprint density at radius 3 is 2.60 bits per heavy atom. The molecule has 7 heteroatoms. The molecule has 1 aliphatic heterocycles. The molecule has 0 radical (unpaired) electrons. The molecule has 1 aliphatic rings. The number of cyclic esters (lactones) is 2. The fourth-order valence-corrected chi connectivity index (χ4v) is 0.425. The van der Waals surface area contributed by atoms with Crippen LogP contribution in [-0.2, 0) is 9.47 Å². The van der Waals surface area contributed by atoms with E-state index in [0.29, 0.717) is 0 Å². The number of ether oxygens (including phenoxy) is 2. The van der Waals surface area contributed by atoms with Crippen molar-refractivity contribution < 1.29 is 23.6 Å². The van der Waals surface area contributed by atoms with Crippen molar-refractivity contribution in [2.45, 2.75) is 5.98 Å². The van der Waals surface area contributed by atoms with Gasteiger partial charge in [-0.25, -0.2) is 4.79 Å². The van der Waals surface area contributed by atoms with Crippen molar-refractivity contribution in [2.75, 3.05) is 6.61 Å². The number of carbonyl (C=O) groups is 1. The molecule has 1 fully saturated rings. The van der Waals surface area contributed by atoms with Crippen LogP contribution in [0.4, 0.5) is 9.18 Å². The van der Waals surface area contributed by atoms with Gasteiger partial charge in [-0.2, -0.15) is 0 Å². The molecule has 10 heavy (non-hydrogen) atoms. The van der Waals surface area contributed by atoms with Gasteiger partial charge < -0.3 is 9.47 Å². The molecule has 6 nitrogen and oxygen atoms in total. The SMILES string of the molecule is O=C1OCC(F)([N+](=O)[O-])O1. The number of nitro groups is 1. The Hall–Kier alpha value is -1.40. The van der Waals surface area contributed by atoms with Gasteiger partial charge in [0.05, 0.1) is 0 Å². The first-order valence-electron chi connectivity index (χ1n) is 2.24. The molecule has 0 amide bonds. The molecule has 1 heterocycles. The fraction of sp³-hybridized carbons (Fsp3) is 0.667. The third-order valence-corrected chi connectivity index (χ3v) is 0.880. The van der Waals surface area contributed by atoms with E-state index in [0.717, 1.165) is 0 Å². The maximum Gasteiger partial charge on any atom is 0.558 e. The first kappa shape index (κ1) is 6.72. The van der Waals surface area contributed by atoms with Crippen molar-refractivity contribution in [3.63, 3.8) is 0 Å². The summed E-state index contributed by atoms with van der Waals surface area (Å²) in [4.78, 5) is 18.4. The van der Waals surface area contributed by atoms with Gasteiger partial charge in [0.1, 0.15) is 4.92 Å². The van der Waals surface area contributed by atoms with E-state index in [1.54, 1.807) is 0 Å². The minimum atomic E-state index is -3.18. The highest BCUT2D eigenvalue weighted by atomic mass is 19.2. The van der Waals surface area contributed by atoms with Gasteiger partial charge in [0.2, 0.25) is 6.61 Å². The summed E-state index contributed by atoms with van der Waals surface area (Å²) in [6.45, 7) is -0.987. The number of carbonyl (C=O) groups excluding carboxylic acids is 1. The number of nitrogens with zero attached hydrogens (tertiary/aromatic N) is 1. The second-order valence-electron chi connectivity index (χ2n) is 1.59. The Kier molecular flexibility index (Phi) is 1.20. The summed E-state index contributed by atoms with van der Waals surface area (Å²) in [6.07, 6.45) is -1.36. The van der Waals surface area contributed by atoms with Crippen molar-refractivity contribution in [1.29, 1.82) is 0 Å². The van der Waals surface area contributed by atoms with Crippen LogP contribution in [0.1, 0.15) is 0 Å². The number of hydrogen-bond donors (Lipinski definition) is 0. The summed E-state index contributed by atoms with van der Waals surface area (Å²) in [5, 5.41) is 9.74. The van der Waals surface area contributed by atoms with Crippen LogP contribution in [0, 0.1) is 10.1 Å². The monoisotopic (exact) mass is 151 g/mol. The minimum absolute atomic E-state index is 0.987. The second-order valence-corrected chi connectivity index (χ2v) is 1.59. The third kappa shape index (κ3) is 0.850. The average Bonchev–Trinajstić information content (AvgIpc) is 2.13. The topological polar surface area (TPSA) is 78.7 Å². The van der Waals surface area contributed by atoms with Crippen molar-refractivity contribution in [3.05, 3.63) is 10.1 Å². The van der Waals surface area contributed by atoms with E-state index in [2.05, 4.69) is 9.47 Å². The Bertz CT molecular complexity index is 193. The standard InChI is InChI=1S/C3H2FNO5/c4-3(5(7)8)1-9-2(6)10-3/h1H2. The molecule has 1 unspecified atom stereocenters. The molecule has 1 saturated heterocycles. The third-order valence-electron chi connectivity index (χ3n) is 0.880. The summed E-state index contributed by atoms with van der Waals surface area (Å²) < 4.78 is 19.9. The molecule has 56 valence electrons. The lowest BCUT2D eigenvalue weighted by Crippen LogP contribution is -2.35. The minimum Gasteiger partial charge on any atom is -0.418 e. The molecule has 0 aromatic rings. The van der Waals surface area contributed by atoms with Gasteiger partial charge in [-0.3, -0.25) is 10.1 Å². The Balaban J connectivity index is 2.72. The number of hydrogen-bond acceptors (Lipinski definition) is 5. The molecule has 0 saturated carbocycles. The van der Waals surface area contributed by atoms with Crippen LogP contribution in [-0.4, -0.2) is 23.7 Å². The molecule has 0 aromatic heterocycles. The number of alkyl halides is 1. The highest BCUT2D eigenvalue weighted by Crippen LogP contribution is 2.21. The lowest BCUT2D eigenvalue weighted by Gasteiger charge is -2.02. The lowest BCUT2D eigenvalue weighted by atomic mass is 10.6. The maximum atomic E-state index is 12.4. The van der Waals surface area contributed by atoms with E-state index in [1.807, 2.05) is 0 Å². The molecule has 0 aromatic carbocycles. The smallest absolute Gasteiger partial charge is 0.418 e. The van der Waals surface area contributed by atoms with E-state index in [-0.39, 0.29) is 0 Å². The molecule has 1 rings (SSSR count). The van der Waals surface area contributed by atoms with Crippen LogP contribution in [0.2, 0.25) is 0 Å². The molecule has 0 N–H and O–H groups in total. The van der Waals surface area contributed by atoms with Gasteiger partial charge in [-0.15, -0.1) is 4.39 Å². The summed E-state index contributed by atoms with van der Waals surface area (Å²) >= 11 is 0. The fourth-order valence-electron chi connectivity index (χ4n) is 0.425. The highest BCUT2D eigenvalue weighted by Gasteiger charge is 2.55. The molecule has 0 aliphatic carbocycles. The predicted octanol–water partition coefficient (Wildman–Crippen LogP) is 0.0532. The van der Waals surface area contributed by atoms with Gasteiger partial charge in [0.25, 0.3) is 0 Å². The normalized spacial score (nSPS) is 31.1. The molecule has 1 atom stereocenters. The maximum absolute atomic E-state index is 12.4. The number of halogens is 1. The van der Waals surface area contributed by atoms with Gasteiger partial charge in [-0.1, -0.05) is 0 Å². The highest BCUT2D eigenvalue weighted by molar-refractivity contribution is 5.61. The molecular weight excluding hydrogens is 149 g/mol. The van der Waals surface area contributed by atoms with E-state index >= 15 is 0 Å². The summed E-state index contributed by atoms with van der Waals surface area (Å²) in [5.74, 6) is -3.18. The van der Waals surface area contributed by atoms with Crippen LogP contribution in [0.3, 0.4) is 0 Å². The summed E-state index contributed by atoms with van der Waals surface area (Å²) in [7, 11) is 0. The number of rotatable bonds is 1. The first-order valence-corrected chi connectivity index (χ1v) is 2.24. The van der Waals surface area contributed by atoms with Crippen LogP contribution in [0.5, 0.6) is 0 Å². The van der Waals surface area contributed by atoms with Gasteiger partial charge in [0, 0.05) is 0 Å². The molecule has 0 bridgehead atoms. The van der Waals surface area contributed by atoms with Crippen molar-refractivity contribution in [1.82, 2.24) is 0 Å². The zero-order valence-electron chi connectivity index (χ0n) is 4.57. The summed E-state index contributed by atoms with van der Waals surface area (Å²) in [5.41, 5.74) is 0. The second kappa shape index (κ2) is 1.79. The first-order chi connectivity index (χ1) is 4.54. The van der Waals surface area contributed by atoms with Crippen molar-refractivity contribution in [2.24, 2.45) is 0 Å². The van der Waals surface area contributed by atoms with E-state index < -0.39 is 23.7 Å².